The van der Waals surface area contributed by atoms with Gasteiger partial charge in [0, 0.05) is 64.5 Å². The number of carboxylic acids is 2. The van der Waals surface area contributed by atoms with Gasteiger partial charge in [0.2, 0.25) is 6.29 Å². The minimum absolute atomic E-state index is 0.0625. The van der Waals surface area contributed by atoms with Crippen LogP contribution in [-0.4, -0.2) is 95.9 Å². The molecular weight excluding hydrogens is 716 g/mol. The van der Waals surface area contributed by atoms with Crippen LogP contribution in [0.15, 0.2) is 59.0 Å². The van der Waals surface area contributed by atoms with Crippen LogP contribution in [-0.2, 0) is 52.7 Å². The Morgan fingerprint density at radius 1 is 0.745 bits per heavy atom. The Hall–Kier alpha value is -5.81. The molecule has 0 saturated carbocycles. The number of H-pyrrole nitrogens is 2. The number of rotatable bonds is 14. The monoisotopic (exact) mass is 760 g/mol. The molecule has 0 aromatic carbocycles. The summed E-state index contributed by atoms with van der Waals surface area (Å²) in [5.74, 6) is -4.08. The topological polar surface area (TPSA) is 261 Å². The quantitative estimate of drug-likeness (QED) is 0.125. The Kier molecular flexibility index (Phi) is 12.0. The third-order valence-electron chi connectivity index (χ3n) is 10.2. The molecule has 16 nitrogen and oxygen atoms in total. The van der Waals surface area contributed by atoms with Crippen molar-refractivity contribution in [2.75, 3.05) is 0 Å². The lowest BCUT2D eigenvalue weighted by Gasteiger charge is -2.37. The Morgan fingerprint density at radius 3 is 1.82 bits per heavy atom. The first kappa shape index (κ1) is 40.4. The standard InChI is InChI=1S/C39H44N4O12/c1-7-20-19(6)36(50)43-27(20)14-25-18(5)23(10-12-31(46)54-39-34(49)32(47)33(48)35(55-39)38(52)53)29(41-25)15-28-22(9-11-30(44)45)17(4)24(40-28)13-26-16(3)21(8-2)37(51)42-26/h7-8,13-14,32-35,39-41,47-49H,1-2,9-12,15H2,3-6H3,(H,42,51)(H,43,50)(H,44,45)(H,52,53)/b26-13-,27-14-. The average Bonchev–Trinajstić information content (AvgIpc) is 3.78. The van der Waals surface area contributed by atoms with Crippen molar-refractivity contribution in [3.05, 3.63) is 104 Å². The number of carbonyl (C=O) groups excluding carboxylic acids is 3. The van der Waals surface area contributed by atoms with E-state index in [9.17, 15) is 49.5 Å². The number of aliphatic hydroxyl groups excluding tert-OH is 3. The van der Waals surface area contributed by atoms with Gasteiger partial charge in [0.05, 0.1) is 5.70 Å². The number of nitrogens with one attached hydrogen (secondary N) is 4. The minimum Gasteiger partial charge on any atom is -0.481 e. The van der Waals surface area contributed by atoms with Crippen molar-refractivity contribution < 1.29 is 59.0 Å². The summed E-state index contributed by atoms with van der Waals surface area (Å²) in [6, 6.07) is 0. The second kappa shape index (κ2) is 16.3. The van der Waals surface area contributed by atoms with Crippen molar-refractivity contribution in [2.24, 2.45) is 0 Å². The number of allylic oxidation sites excluding steroid dienone is 2. The predicted molar refractivity (Wildman–Crippen MR) is 197 cm³/mol. The first-order valence-corrected chi connectivity index (χ1v) is 17.4. The number of aliphatic carboxylic acids is 2. The number of carboxylic acid groups (broad SMARTS) is 2. The van der Waals surface area contributed by atoms with Crippen LogP contribution in [0.3, 0.4) is 0 Å². The normalized spacial score (nSPS) is 24.1. The number of aliphatic hydroxyl groups is 3. The first-order chi connectivity index (χ1) is 26.0. The summed E-state index contributed by atoms with van der Waals surface area (Å²) in [4.78, 5) is 68.1. The lowest BCUT2D eigenvalue weighted by Crippen LogP contribution is -2.60. The Balaban J connectivity index is 1.51. The van der Waals surface area contributed by atoms with Gasteiger partial charge in [-0.3, -0.25) is 19.2 Å². The van der Waals surface area contributed by atoms with E-state index in [2.05, 4.69) is 33.8 Å². The largest absolute Gasteiger partial charge is 0.481 e. The fourth-order valence-corrected chi connectivity index (χ4v) is 6.94. The number of esters is 1. The molecule has 5 atom stereocenters. The molecule has 3 aliphatic heterocycles. The SMILES string of the molecule is C=CC1=C(C)/C(=C/c2[nH]c(Cc3[nH]c(/C=C4\NC(=O)C(C)=C4C=C)c(C)c3CCC(=O)OC3OC(C(=O)O)C(O)C(O)C3O)c(CCC(=O)O)c2C)NC1=O. The van der Waals surface area contributed by atoms with Crippen molar-refractivity contribution in [3.8, 4) is 0 Å². The number of hydrogen-bond acceptors (Lipinski definition) is 10. The van der Waals surface area contributed by atoms with Crippen molar-refractivity contribution in [1.82, 2.24) is 20.6 Å². The van der Waals surface area contributed by atoms with Gasteiger partial charge >= 0.3 is 17.9 Å². The van der Waals surface area contributed by atoms with Crippen molar-refractivity contribution in [3.63, 3.8) is 0 Å². The van der Waals surface area contributed by atoms with E-state index in [-0.39, 0.29) is 43.9 Å². The van der Waals surface area contributed by atoms with Crippen LogP contribution in [0.25, 0.3) is 12.2 Å². The second-order valence-corrected chi connectivity index (χ2v) is 13.5. The lowest BCUT2D eigenvalue weighted by molar-refractivity contribution is -0.286. The molecular formula is C39H44N4O12. The zero-order valence-electron chi connectivity index (χ0n) is 30.7. The third-order valence-corrected chi connectivity index (χ3v) is 10.2. The van der Waals surface area contributed by atoms with Gasteiger partial charge in [0.1, 0.15) is 18.3 Å². The molecule has 16 heteroatoms. The Bertz CT molecular complexity index is 2110. The molecule has 2 aromatic rings. The van der Waals surface area contributed by atoms with Gasteiger partial charge < -0.3 is 55.6 Å². The number of amides is 2. The number of aromatic amines is 2. The van der Waals surface area contributed by atoms with E-state index in [4.69, 9.17) is 9.47 Å². The van der Waals surface area contributed by atoms with Gasteiger partial charge in [-0.25, -0.2) is 4.79 Å². The highest BCUT2D eigenvalue weighted by Gasteiger charge is 2.48. The van der Waals surface area contributed by atoms with E-state index >= 15 is 0 Å². The summed E-state index contributed by atoms with van der Waals surface area (Å²) < 4.78 is 10.3. The molecule has 55 heavy (non-hydrogen) atoms. The maximum absolute atomic E-state index is 13.1. The highest BCUT2D eigenvalue weighted by atomic mass is 16.7. The number of carbonyl (C=O) groups is 5. The van der Waals surface area contributed by atoms with E-state index in [0.717, 1.165) is 11.1 Å². The van der Waals surface area contributed by atoms with Gasteiger partial charge in [-0.1, -0.05) is 25.3 Å². The fourth-order valence-electron chi connectivity index (χ4n) is 6.94. The Morgan fingerprint density at radius 2 is 1.29 bits per heavy atom. The van der Waals surface area contributed by atoms with Crippen LogP contribution in [0.4, 0.5) is 0 Å². The summed E-state index contributed by atoms with van der Waals surface area (Å²) in [6.07, 6.45) is -3.07. The maximum Gasteiger partial charge on any atom is 0.335 e. The predicted octanol–water partition coefficient (Wildman–Crippen LogP) is 1.88. The summed E-state index contributed by atoms with van der Waals surface area (Å²) in [5, 5.41) is 55.1. The average molecular weight is 761 g/mol. The van der Waals surface area contributed by atoms with Gasteiger partial charge in [-0.15, -0.1) is 0 Å². The van der Waals surface area contributed by atoms with Crippen LogP contribution < -0.4 is 10.6 Å². The van der Waals surface area contributed by atoms with E-state index in [1.807, 2.05) is 13.8 Å². The van der Waals surface area contributed by atoms with E-state index in [0.29, 0.717) is 67.6 Å². The van der Waals surface area contributed by atoms with Crippen molar-refractivity contribution in [1.29, 1.82) is 0 Å². The van der Waals surface area contributed by atoms with Crippen LogP contribution >= 0.6 is 0 Å². The molecule has 0 radical (unpaired) electrons. The molecule has 1 saturated heterocycles. The highest BCUT2D eigenvalue weighted by Crippen LogP contribution is 2.32. The second-order valence-electron chi connectivity index (χ2n) is 13.5. The zero-order chi connectivity index (χ0) is 40.5. The van der Waals surface area contributed by atoms with Crippen molar-refractivity contribution >= 4 is 41.9 Å². The smallest absolute Gasteiger partial charge is 0.335 e. The molecule has 0 spiro atoms. The molecule has 9 N–H and O–H groups in total. The number of hydrogen-bond donors (Lipinski definition) is 9. The molecule has 0 aliphatic carbocycles. The van der Waals surface area contributed by atoms with E-state index < -0.39 is 48.6 Å². The molecule has 292 valence electrons. The molecule has 1 fully saturated rings. The van der Waals surface area contributed by atoms with Crippen LogP contribution in [0.2, 0.25) is 0 Å². The molecule has 5 heterocycles. The molecule has 5 unspecified atom stereocenters. The highest BCUT2D eigenvalue weighted by molar-refractivity contribution is 6.03. The molecule has 5 rings (SSSR count). The van der Waals surface area contributed by atoms with E-state index in [1.54, 1.807) is 32.1 Å². The summed E-state index contributed by atoms with van der Waals surface area (Å²) in [5.41, 5.74) is 8.76. The maximum atomic E-state index is 13.1. The van der Waals surface area contributed by atoms with Crippen LogP contribution in [0.1, 0.15) is 71.7 Å². The first-order valence-electron chi connectivity index (χ1n) is 17.4. The van der Waals surface area contributed by atoms with Gasteiger partial charge in [0.25, 0.3) is 11.8 Å². The Labute approximate surface area is 315 Å². The summed E-state index contributed by atoms with van der Waals surface area (Å²) in [7, 11) is 0. The van der Waals surface area contributed by atoms with E-state index in [1.165, 1.54) is 6.08 Å². The zero-order valence-corrected chi connectivity index (χ0v) is 30.7. The molecule has 2 aromatic heterocycles. The van der Waals surface area contributed by atoms with Gasteiger partial charge in [-0.2, -0.15) is 0 Å². The molecule has 2 amide bonds. The lowest BCUT2D eigenvalue weighted by atomic mass is 9.98. The van der Waals surface area contributed by atoms with Gasteiger partial charge in [-0.05, 0) is 80.5 Å². The van der Waals surface area contributed by atoms with Crippen LogP contribution in [0, 0.1) is 13.8 Å². The summed E-state index contributed by atoms with van der Waals surface area (Å²) >= 11 is 0. The van der Waals surface area contributed by atoms with Crippen LogP contribution in [0.5, 0.6) is 0 Å². The molecule has 3 aliphatic rings. The number of aromatic nitrogens is 2. The van der Waals surface area contributed by atoms with Crippen molar-refractivity contribution in [2.45, 2.75) is 90.5 Å². The fraction of sp³-hybridized carbons (Fsp3) is 0.359. The number of ether oxygens (including phenoxy) is 2. The molecule has 0 bridgehead atoms. The van der Waals surface area contributed by atoms with Gasteiger partial charge in [0.15, 0.2) is 6.10 Å². The summed E-state index contributed by atoms with van der Waals surface area (Å²) in [6.45, 7) is 14.7. The minimum atomic E-state index is -1.96. The third kappa shape index (κ3) is 8.17.